The first-order valence-electron chi connectivity index (χ1n) is 9.42. The zero-order valence-electron chi connectivity index (χ0n) is 15.1. The van der Waals surface area contributed by atoms with E-state index in [0.717, 1.165) is 28.6 Å². The topological polar surface area (TPSA) is 72.9 Å². The maximum Gasteiger partial charge on any atom is 0.227 e. The summed E-state index contributed by atoms with van der Waals surface area (Å²) in [5, 5.41) is 4.05. The summed E-state index contributed by atoms with van der Waals surface area (Å²) < 4.78 is 1.99. The molecule has 3 N–H and O–H groups in total. The number of carbonyl (C=O) groups is 1. The minimum atomic E-state index is 0.103. The highest BCUT2D eigenvalue weighted by Crippen LogP contribution is 2.42. The molecule has 2 aliphatic rings. The van der Waals surface area contributed by atoms with E-state index in [1.165, 1.54) is 19.3 Å². The van der Waals surface area contributed by atoms with Crippen LogP contribution in [0.25, 0.3) is 0 Å². The lowest BCUT2D eigenvalue weighted by molar-refractivity contribution is -0.122. The van der Waals surface area contributed by atoms with Gasteiger partial charge in [0.2, 0.25) is 5.91 Å². The molecule has 0 saturated heterocycles. The normalized spacial score (nSPS) is 27.9. The van der Waals surface area contributed by atoms with Gasteiger partial charge >= 0.3 is 0 Å². The molecule has 2 unspecified atom stereocenters. The fraction of sp³-hybridized carbons (Fsp3) is 0.500. The Morgan fingerprint density at radius 3 is 2.54 bits per heavy atom. The van der Waals surface area contributed by atoms with Crippen molar-refractivity contribution in [1.82, 2.24) is 9.55 Å². The Kier molecular flexibility index (Phi) is 5.05. The van der Waals surface area contributed by atoms with Crippen molar-refractivity contribution in [2.75, 3.05) is 5.32 Å². The highest BCUT2D eigenvalue weighted by atomic mass is 32.2. The SMILES string of the molecule is Cn1ccnc1Sc1ccc(NC(=O)C2CC3CCCC(C2)C3N)cc1. The van der Waals surface area contributed by atoms with E-state index < -0.39 is 0 Å². The quantitative estimate of drug-likeness (QED) is 0.861. The van der Waals surface area contributed by atoms with Crippen molar-refractivity contribution >= 4 is 23.4 Å². The third kappa shape index (κ3) is 3.67. The number of carbonyl (C=O) groups excluding carboxylic acids is 1. The van der Waals surface area contributed by atoms with Crippen LogP contribution in [0, 0.1) is 17.8 Å². The lowest BCUT2D eigenvalue weighted by atomic mass is 9.65. The van der Waals surface area contributed by atoms with Gasteiger partial charge in [0.25, 0.3) is 0 Å². The molecule has 6 heteroatoms. The second-order valence-electron chi connectivity index (χ2n) is 7.63. The number of aryl methyl sites for hydroxylation is 1. The van der Waals surface area contributed by atoms with Crippen LogP contribution >= 0.6 is 11.8 Å². The molecule has 0 radical (unpaired) electrons. The highest BCUT2D eigenvalue weighted by molar-refractivity contribution is 7.99. The summed E-state index contributed by atoms with van der Waals surface area (Å²) in [5.74, 6) is 1.30. The van der Waals surface area contributed by atoms with Gasteiger partial charge in [0, 0.05) is 42.0 Å². The third-order valence-corrected chi connectivity index (χ3v) is 6.98. The smallest absolute Gasteiger partial charge is 0.227 e. The first kappa shape index (κ1) is 17.6. The van der Waals surface area contributed by atoms with Crippen molar-refractivity contribution < 1.29 is 4.79 Å². The number of anilines is 1. The molecule has 2 aliphatic carbocycles. The first-order valence-corrected chi connectivity index (χ1v) is 10.2. The molecular formula is C20H26N4OS. The lowest BCUT2D eigenvalue weighted by Crippen LogP contribution is -2.48. The fourth-order valence-corrected chi connectivity index (χ4v) is 5.21. The Morgan fingerprint density at radius 2 is 1.92 bits per heavy atom. The van der Waals surface area contributed by atoms with Crippen LogP contribution < -0.4 is 11.1 Å². The van der Waals surface area contributed by atoms with Crippen LogP contribution in [0.1, 0.15) is 32.1 Å². The summed E-state index contributed by atoms with van der Waals surface area (Å²) in [4.78, 5) is 18.2. The van der Waals surface area contributed by atoms with Gasteiger partial charge in [-0.05, 0) is 61.8 Å². The Morgan fingerprint density at radius 1 is 1.23 bits per heavy atom. The van der Waals surface area contributed by atoms with Crippen LogP contribution in [-0.2, 0) is 11.8 Å². The van der Waals surface area contributed by atoms with Gasteiger partial charge in [-0.3, -0.25) is 4.79 Å². The van der Waals surface area contributed by atoms with E-state index in [1.54, 1.807) is 18.0 Å². The lowest BCUT2D eigenvalue weighted by Gasteiger charge is -2.43. The van der Waals surface area contributed by atoms with Crippen LogP contribution in [0.3, 0.4) is 0 Å². The summed E-state index contributed by atoms with van der Waals surface area (Å²) in [6.45, 7) is 0. The Balaban J connectivity index is 1.36. The molecule has 138 valence electrons. The summed E-state index contributed by atoms with van der Waals surface area (Å²) >= 11 is 1.61. The zero-order valence-corrected chi connectivity index (χ0v) is 15.9. The monoisotopic (exact) mass is 370 g/mol. The molecule has 1 aromatic heterocycles. The van der Waals surface area contributed by atoms with E-state index in [-0.39, 0.29) is 11.8 Å². The van der Waals surface area contributed by atoms with Crippen LogP contribution in [0.5, 0.6) is 0 Å². The van der Waals surface area contributed by atoms with Crippen molar-refractivity contribution in [3.63, 3.8) is 0 Å². The maximum absolute atomic E-state index is 12.7. The van der Waals surface area contributed by atoms with Gasteiger partial charge in [0.1, 0.15) is 0 Å². The van der Waals surface area contributed by atoms with Crippen molar-refractivity contribution in [1.29, 1.82) is 0 Å². The number of fused-ring (bicyclic) bond motifs is 2. The number of hydrogen-bond acceptors (Lipinski definition) is 4. The molecule has 2 atom stereocenters. The third-order valence-electron chi connectivity index (χ3n) is 5.89. The van der Waals surface area contributed by atoms with E-state index in [4.69, 9.17) is 5.73 Å². The van der Waals surface area contributed by atoms with Crippen LogP contribution in [0.15, 0.2) is 46.7 Å². The Bertz CT molecular complexity index is 758. The second-order valence-corrected chi connectivity index (χ2v) is 8.67. The van der Waals surface area contributed by atoms with Crippen LogP contribution in [0.2, 0.25) is 0 Å². The van der Waals surface area contributed by atoms with Crippen molar-refractivity contribution in [3.05, 3.63) is 36.7 Å². The molecule has 0 spiro atoms. The van der Waals surface area contributed by atoms with E-state index in [9.17, 15) is 4.79 Å². The van der Waals surface area contributed by atoms with E-state index in [0.29, 0.717) is 17.9 Å². The number of nitrogens with zero attached hydrogens (tertiary/aromatic N) is 2. The highest BCUT2D eigenvalue weighted by Gasteiger charge is 2.40. The molecule has 2 saturated carbocycles. The first-order chi connectivity index (χ1) is 12.6. The Labute approximate surface area is 158 Å². The minimum absolute atomic E-state index is 0.103. The molecule has 1 aromatic carbocycles. The van der Waals surface area contributed by atoms with Crippen molar-refractivity contribution in [3.8, 4) is 0 Å². The van der Waals surface area contributed by atoms with Gasteiger partial charge in [0.15, 0.2) is 5.16 Å². The van der Waals surface area contributed by atoms with Gasteiger partial charge in [-0.2, -0.15) is 0 Å². The second kappa shape index (κ2) is 7.45. The molecule has 26 heavy (non-hydrogen) atoms. The van der Waals surface area contributed by atoms with Gasteiger partial charge in [-0.15, -0.1) is 0 Å². The average Bonchev–Trinajstić information content (AvgIpc) is 3.01. The molecule has 4 rings (SSSR count). The predicted octanol–water partition coefficient (Wildman–Crippen LogP) is 3.66. The number of benzene rings is 1. The number of nitrogens with one attached hydrogen (secondary N) is 1. The molecule has 2 bridgehead atoms. The van der Waals surface area contributed by atoms with E-state index in [2.05, 4.69) is 10.3 Å². The standard InChI is InChI=1S/C20H26N4OS/c1-24-10-9-22-20(24)26-17-7-5-16(6-8-17)23-19(25)15-11-13-3-2-4-14(12-15)18(13)21/h5-10,13-15,18H,2-4,11-12,21H2,1H3,(H,23,25). The molecular weight excluding hydrogens is 344 g/mol. The largest absolute Gasteiger partial charge is 0.329 e. The summed E-state index contributed by atoms with van der Waals surface area (Å²) in [7, 11) is 1.98. The fourth-order valence-electron chi connectivity index (χ4n) is 4.41. The van der Waals surface area contributed by atoms with E-state index in [1.807, 2.05) is 42.1 Å². The molecule has 2 fully saturated rings. The number of amides is 1. The van der Waals surface area contributed by atoms with Crippen LogP contribution in [0.4, 0.5) is 5.69 Å². The number of rotatable bonds is 4. The predicted molar refractivity (Wildman–Crippen MR) is 104 cm³/mol. The summed E-state index contributed by atoms with van der Waals surface area (Å²) in [6.07, 6.45) is 9.24. The number of nitrogens with two attached hydrogens (primary N) is 1. The molecule has 1 amide bonds. The Hall–Kier alpha value is -1.79. The van der Waals surface area contributed by atoms with Gasteiger partial charge in [-0.1, -0.05) is 18.2 Å². The zero-order chi connectivity index (χ0) is 18.1. The average molecular weight is 371 g/mol. The molecule has 1 heterocycles. The van der Waals surface area contributed by atoms with Crippen molar-refractivity contribution in [2.45, 2.75) is 48.2 Å². The van der Waals surface area contributed by atoms with Gasteiger partial charge in [0.05, 0.1) is 0 Å². The molecule has 2 aromatic rings. The summed E-state index contributed by atoms with van der Waals surface area (Å²) in [6, 6.07) is 8.30. The molecule has 5 nitrogen and oxygen atoms in total. The number of hydrogen-bond donors (Lipinski definition) is 2. The summed E-state index contributed by atoms with van der Waals surface area (Å²) in [5.41, 5.74) is 7.20. The maximum atomic E-state index is 12.7. The van der Waals surface area contributed by atoms with Gasteiger partial charge in [-0.25, -0.2) is 4.98 Å². The molecule has 0 aliphatic heterocycles. The van der Waals surface area contributed by atoms with Crippen molar-refractivity contribution in [2.24, 2.45) is 30.5 Å². The number of aromatic nitrogens is 2. The minimum Gasteiger partial charge on any atom is -0.329 e. The number of imidazole rings is 1. The van der Waals surface area contributed by atoms with Gasteiger partial charge < -0.3 is 15.6 Å². The van der Waals surface area contributed by atoms with Crippen LogP contribution in [-0.4, -0.2) is 21.5 Å². The van der Waals surface area contributed by atoms with E-state index >= 15 is 0 Å².